The van der Waals surface area contributed by atoms with Crippen molar-refractivity contribution in [3.63, 3.8) is 0 Å². The lowest BCUT2D eigenvalue weighted by molar-refractivity contribution is -0.148. The van der Waals surface area contributed by atoms with Gasteiger partial charge in [0.05, 0.1) is 0 Å². The van der Waals surface area contributed by atoms with Crippen LogP contribution >= 0.6 is 0 Å². The molecule has 5 heteroatoms. The maximum Gasteiger partial charge on any atom is 0.332 e. The molecule has 0 atom stereocenters. The molecule has 1 amide bonds. The molecule has 0 aliphatic carbocycles. The molecule has 0 bridgehead atoms. The quantitative estimate of drug-likeness (QED) is 0.543. The van der Waals surface area contributed by atoms with Crippen LogP contribution in [0.3, 0.4) is 0 Å². The molecule has 1 rings (SSSR count). The molecule has 0 aromatic rings. The molecule has 17 heavy (non-hydrogen) atoms. The van der Waals surface area contributed by atoms with Gasteiger partial charge in [0, 0.05) is 19.0 Å². The lowest BCUT2D eigenvalue weighted by Crippen LogP contribution is -2.33. The van der Waals surface area contributed by atoms with Gasteiger partial charge < -0.3 is 9.64 Å². The Morgan fingerprint density at radius 2 is 2.06 bits per heavy atom. The number of nitrogens with zero attached hydrogens (tertiary/aromatic N) is 1. The van der Waals surface area contributed by atoms with Crippen LogP contribution in [0, 0.1) is 0 Å². The molecule has 1 saturated heterocycles. The highest BCUT2D eigenvalue weighted by molar-refractivity contribution is 5.94. The second-order valence-electron chi connectivity index (χ2n) is 4.00. The highest BCUT2D eigenvalue weighted by Gasteiger charge is 2.17. The van der Waals surface area contributed by atoms with Crippen LogP contribution in [-0.4, -0.2) is 35.8 Å². The van der Waals surface area contributed by atoms with Gasteiger partial charge in [0.15, 0.2) is 12.5 Å². The van der Waals surface area contributed by atoms with E-state index in [0.29, 0.717) is 13.0 Å². The van der Waals surface area contributed by atoms with E-state index in [1.807, 2.05) is 0 Å². The van der Waals surface area contributed by atoms with E-state index < -0.39 is 5.97 Å². The number of allylic oxidation sites excluding steroid dienone is 1. The average molecular weight is 239 g/mol. The summed E-state index contributed by atoms with van der Waals surface area (Å²) in [6.45, 7) is 1.95. The number of carbonyl (C=O) groups excluding carboxylic acids is 3. The number of ketones is 1. The maximum absolute atomic E-state index is 11.6. The van der Waals surface area contributed by atoms with E-state index >= 15 is 0 Å². The molecule has 0 unspecified atom stereocenters. The van der Waals surface area contributed by atoms with Crippen LogP contribution in [0.25, 0.3) is 0 Å². The molecule has 1 aliphatic rings. The lowest BCUT2D eigenvalue weighted by atomic mass is 10.2. The van der Waals surface area contributed by atoms with Crippen LogP contribution in [-0.2, 0) is 19.1 Å². The summed E-state index contributed by atoms with van der Waals surface area (Å²) in [6.07, 6.45) is 5.60. The van der Waals surface area contributed by atoms with Crippen LogP contribution in [0.4, 0.5) is 0 Å². The van der Waals surface area contributed by atoms with E-state index in [1.165, 1.54) is 11.8 Å². The third-order valence-corrected chi connectivity index (χ3v) is 2.49. The van der Waals surface area contributed by atoms with Crippen molar-refractivity contribution in [2.24, 2.45) is 0 Å². The number of carbonyl (C=O) groups is 3. The highest BCUT2D eigenvalue weighted by Crippen LogP contribution is 2.10. The zero-order chi connectivity index (χ0) is 12.7. The zero-order valence-electron chi connectivity index (χ0n) is 9.98. The molecule has 0 aromatic heterocycles. The smallest absolute Gasteiger partial charge is 0.332 e. The molecular weight excluding hydrogens is 222 g/mol. The SMILES string of the molecule is CC(=O)C=CC(=O)OCN1CCCCCC1=O. The van der Waals surface area contributed by atoms with E-state index in [1.54, 1.807) is 0 Å². The Bertz CT molecular complexity index is 335. The van der Waals surface area contributed by atoms with Gasteiger partial charge in [0.1, 0.15) is 0 Å². The number of hydrogen-bond donors (Lipinski definition) is 0. The Balaban J connectivity index is 2.35. The van der Waals surface area contributed by atoms with E-state index in [9.17, 15) is 14.4 Å². The van der Waals surface area contributed by atoms with Crippen LogP contribution in [0.2, 0.25) is 0 Å². The van der Waals surface area contributed by atoms with Crippen molar-refractivity contribution < 1.29 is 19.1 Å². The number of esters is 1. The molecule has 0 spiro atoms. The fourth-order valence-corrected chi connectivity index (χ4v) is 1.55. The van der Waals surface area contributed by atoms with Gasteiger partial charge in [-0.05, 0) is 25.8 Å². The van der Waals surface area contributed by atoms with Crippen molar-refractivity contribution in [1.29, 1.82) is 0 Å². The molecule has 1 heterocycles. The Hall–Kier alpha value is -1.65. The van der Waals surface area contributed by atoms with Gasteiger partial charge in [-0.2, -0.15) is 0 Å². The molecule has 0 saturated carbocycles. The number of rotatable bonds is 4. The third-order valence-electron chi connectivity index (χ3n) is 2.49. The average Bonchev–Trinajstić information content (AvgIpc) is 2.48. The van der Waals surface area contributed by atoms with E-state index in [-0.39, 0.29) is 18.4 Å². The summed E-state index contributed by atoms with van der Waals surface area (Å²) in [5, 5.41) is 0. The van der Waals surface area contributed by atoms with Gasteiger partial charge in [0.2, 0.25) is 5.91 Å². The number of hydrogen-bond acceptors (Lipinski definition) is 4. The summed E-state index contributed by atoms with van der Waals surface area (Å²) >= 11 is 0. The first kappa shape index (κ1) is 13.4. The normalized spacial score (nSPS) is 17.0. The van der Waals surface area contributed by atoms with Crippen molar-refractivity contribution >= 4 is 17.7 Å². The minimum absolute atomic E-state index is 0.0193. The first-order valence-corrected chi connectivity index (χ1v) is 5.73. The summed E-state index contributed by atoms with van der Waals surface area (Å²) in [5.74, 6) is -0.795. The molecule has 0 N–H and O–H groups in total. The summed E-state index contributed by atoms with van der Waals surface area (Å²) in [4.78, 5) is 34.9. The maximum atomic E-state index is 11.6. The molecule has 94 valence electrons. The minimum Gasteiger partial charge on any atom is -0.441 e. The lowest BCUT2D eigenvalue weighted by Gasteiger charge is -2.19. The number of likely N-dealkylation sites (tertiary alicyclic amines) is 1. The summed E-state index contributed by atoms with van der Waals surface area (Å²) < 4.78 is 4.88. The Labute approximate surface area is 100 Å². The first-order valence-electron chi connectivity index (χ1n) is 5.73. The van der Waals surface area contributed by atoms with Crippen LogP contribution in [0.5, 0.6) is 0 Å². The van der Waals surface area contributed by atoms with Gasteiger partial charge in [-0.3, -0.25) is 9.59 Å². The standard InChI is InChI=1S/C12H17NO4/c1-10(14)6-7-12(16)17-9-13-8-4-2-3-5-11(13)15/h6-7H,2-5,8-9H2,1H3. The van der Waals surface area contributed by atoms with Crippen LogP contribution in [0.1, 0.15) is 32.6 Å². The van der Waals surface area contributed by atoms with Gasteiger partial charge in [-0.25, -0.2) is 4.79 Å². The van der Waals surface area contributed by atoms with Crippen molar-refractivity contribution in [1.82, 2.24) is 4.90 Å². The molecule has 5 nitrogen and oxygen atoms in total. The zero-order valence-corrected chi connectivity index (χ0v) is 9.98. The fraction of sp³-hybridized carbons (Fsp3) is 0.583. The second kappa shape index (κ2) is 6.83. The second-order valence-corrected chi connectivity index (χ2v) is 4.00. The molecular formula is C12H17NO4. The van der Waals surface area contributed by atoms with Crippen molar-refractivity contribution in [3.8, 4) is 0 Å². The van der Waals surface area contributed by atoms with Crippen molar-refractivity contribution in [3.05, 3.63) is 12.2 Å². The van der Waals surface area contributed by atoms with Gasteiger partial charge in [-0.1, -0.05) is 6.42 Å². The predicted octanol–water partition coefficient (Wildman–Crippen LogP) is 1.03. The minimum atomic E-state index is -0.600. The fourth-order valence-electron chi connectivity index (χ4n) is 1.55. The van der Waals surface area contributed by atoms with Crippen LogP contribution < -0.4 is 0 Å². The molecule has 1 fully saturated rings. The van der Waals surface area contributed by atoms with E-state index in [4.69, 9.17) is 4.74 Å². The predicted molar refractivity (Wildman–Crippen MR) is 61.0 cm³/mol. The van der Waals surface area contributed by atoms with E-state index in [2.05, 4.69) is 0 Å². The summed E-state index contributed by atoms with van der Waals surface area (Å²) in [5.41, 5.74) is 0. The largest absolute Gasteiger partial charge is 0.441 e. The number of ether oxygens (including phenoxy) is 1. The molecule has 1 aliphatic heterocycles. The third kappa shape index (κ3) is 5.29. The van der Waals surface area contributed by atoms with Crippen molar-refractivity contribution in [2.75, 3.05) is 13.3 Å². The summed E-state index contributed by atoms with van der Waals surface area (Å²) in [6, 6.07) is 0. The highest BCUT2D eigenvalue weighted by atomic mass is 16.5. The van der Waals surface area contributed by atoms with E-state index in [0.717, 1.165) is 31.4 Å². The topological polar surface area (TPSA) is 63.7 Å². The molecule has 0 radical (unpaired) electrons. The van der Waals surface area contributed by atoms with Gasteiger partial charge >= 0.3 is 5.97 Å². The Morgan fingerprint density at radius 1 is 1.29 bits per heavy atom. The van der Waals surface area contributed by atoms with Crippen molar-refractivity contribution in [2.45, 2.75) is 32.6 Å². The Kier molecular flexibility index (Phi) is 5.39. The monoisotopic (exact) mass is 239 g/mol. The Morgan fingerprint density at radius 3 is 2.76 bits per heavy atom. The summed E-state index contributed by atoms with van der Waals surface area (Å²) in [7, 11) is 0. The van der Waals surface area contributed by atoms with Gasteiger partial charge in [0.25, 0.3) is 0 Å². The van der Waals surface area contributed by atoms with Gasteiger partial charge in [-0.15, -0.1) is 0 Å². The number of amides is 1. The van der Waals surface area contributed by atoms with Crippen LogP contribution in [0.15, 0.2) is 12.2 Å². The molecule has 0 aromatic carbocycles. The first-order chi connectivity index (χ1) is 8.09.